The van der Waals surface area contributed by atoms with Gasteiger partial charge in [-0.2, -0.15) is 5.10 Å². The highest BCUT2D eigenvalue weighted by Crippen LogP contribution is 2.08. The third-order valence-electron chi connectivity index (χ3n) is 1.93. The predicted molar refractivity (Wildman–Crippen MR) is 64.7 cm³/mol. The zero-order valence-corrected chi connectivity index (χ0v) is 10.9. The molecular weight excluding hydrogens is 282 g/mol. The molecule has 2 N–H and O–H groups in total. The Morgan fingerprint density at radius 2 is 2.28 bits per heavy atom. The maximum Gasteiger partial charge on any atom is 0.305 e. The van der Waals surface area contributed by atoms with Crippen LogP contribution in [0.5, 0.6) is 0 Å². The molecule has 0 amide bonds. The maximum atomic E-state index is 11.7. The molecule has 0 radical (unpaired) electrons. The third-order valence-corrected chi connectivity index (χ3v) is 3.42. The van der Waals surface area contributed by atoms with Gasteiger partial charge in [-0.1, -0.05) is 18.2 Å². The van der Waals surface area contributed by atoms with Crippen molar-refractivity contribution in [1.29, 1.82) is 0 Å². The SMILES string of the molecule is C=C(Cl)CNS(=O)(=O)c1cnn(CCC(=O)O)c1. The number of rotatable bonds is 7. The van der Waals surface area contributed by atoms with Crippen molar-refractivity contribution in [3.8, 4) is 0 Å². The number of carboxylic acids is 1. The number of aromatic nitrogens is 2. The molecule has 0 unspecified atom stereocenters. The van der Waals surface area contributed by atoms with E-state index in [0.717, 1.165) is 6.20 Å². The largest absolute Gasteiger partial charge is 0.481 e. The number of nitrogens with zero attached hydrogens (tertiary/aromatic N) is 2. The monoisotopic (exact) mass is 293 g/mol. The van der Waals surface area contributed by atoms with E-state index in [2.05, 4.69) is 16.4 Å². The molecule has 9 heteroatoms. The molecule has 0 aromatic carbocycles. The van der Waals surface area contributed by atoms with E-state index in [1.54, 1.807) is 0 Å². The van der Waals surface area contributed by atoms with Crippen LogP contribution in [-0.2, 0) is 21.4 Å². The molecule has 18 heavy (non-hydrogen) atoms. The Hall–Kier alpha value is -1.38. The summed E-state index contributed by atoms with van der Waals surface area (Å²) in [5.41, 5.74) is 0. The van der Waals surface area contributed by atoms with Gasteiger partial charge in [-0.15, -0.1) is 0 Å². The summed E-state index contributed by atoms with van der Waals surface area (Å²) in [6.07, 6.45) is 2.26. The summed E-state index contributed by atoms with van der Waals surface area (Å²) in [5, 5.41) is 12.4. The Bertz CT molecular complexity index is 552. The number of carbonyl (C=O) groups is 1. The van der Waals surface area contributed by atoms with Crippen molar-refractivity contribution in [2.24, 2.45) is 0 Å². The van der Waals surface area contributed by atoms with E-state index in [-0.39, 0.29) is 29.4 Å². The van der Waals surface area contributed by atoms with E-state index in [1.807, 2.05) is 0 Å². The molecule has 0 bridgehead atoms. The van der Waals surface area contributed by atoms with Gasteiger partial charge in [0.2, 0.25) is 10.0 Å². The molecular formula is C9H12ClN3O4S. The molecule has 7 nitrogen and oxygen atoms in total. The number of halogens is 1. The molecule has 0 atom stereocenters. The number of hydrogen-bond acceptors (Lipinski definition) is 4. The number of sulfonamides is 1. The molecule has 0 aliphatic rings. The number of nitrogens with one attached hydrogen (secondary N) is 1. The lowest BCUT2D eigenvalue weighted by Crippen LogP contribution is -2.24. The van der Waals surface area contributed by atoms with Crippen molar-refractivity contribution in [2.75, 3.05) is 6.54 Å². The first kappa shape index (κ1) is 14.7. The molecule has 1 heterocycles. The van der Waals surface area contributed by atoms with Gasteiger partial charge in [0.05, 0.1) is 19.2 Å². The number of carboxylic acid groups (broad SMARTS) is 1. The number of hydrogen-bond donors (Lipinski definition) is 2. The Kier molecular flexibility index (Phi) is 4.88. The maximum absolute atomic E-state index is 11.7. The van der Waals surface area contributed by atoms with Crippen LogP contribution in [0.1, 0.15) is 6.42 Å². The van der Waals surface area contributed by atoms with Crippen molar-refractivity contribution in [3.63, 3.8) is 0 Å². The van der Waals surface area contributed by atoms with E-state index < -0.39 is 16.0 Å². The van der Waals surface area contributed by atoms with Crippen LogP contribution in [0.15, 0.2) is 28.9 Å². The van der Waals surface area contributed by atoms with Gasteiger partial charge in [-0.05, 0) is 0 Å². The fourth-order valence-electron chi connectivity index (χ4n) is 1.07. The van der Waals surface area contributed by atoms with Crippen molar-refractivity contribution in [3.05, 3.63) is 24.0 Å². The normalized spacial score (nSPS) is 11.4. The van der Waals surface area contributed by atoms with Crippen molar-refractivity contribution in [1.82, 2.24) is 14.5 Å². The van der Waals surface area contributed by atoms with Gasteiger partial charge in [-0.3, -0.25) is 9.48 Å². The van der Waals surface area contributed by atoms with Gasteiger partial charge >= 0.3 is 5.97 Å². The minimum Gasteiger partial charge on any atom is -0.481 e. The van der Waals surface area contributed by atoms with Gasteiger partial charge in [0.25, 0.3) is 0 Å². The first-order valence-corrected chi connectivity index (χ1v) is 6.74. The summed E-state index contributed by atoms with van der Waals surface area (Å²) in [6.45, 7) is 3.38. The van der Waals surface area contributed by atoms with E-state index in [9.17, 15) is 13.2 Å². The Morgan fingerprint density at radius 3 is 2.83 bits per heavy atom. The summed E-state index contributed by atoms with van der Waals surface area (Å²) in [7, 11) is -3.70. The van der Waals surface area contributed by atoms with Gasteiger partial charge in [0.1, 0.15) is 4.90 Å². The first-order chi connectivity index (χ1) is 8.31. The lowest BCUT2D eigenvalue weighted by atomic mass is 10.4. The third kappa shape index (κ3) is 4.47. The van der Waals surface area contributed by atoms with E-state index in [4.69, 9.17) is 16.7 Å². The number of aryl methyl sites for hydroxylation is 1. The lowest BCUT2D eigenvalue weighted by Gasteiger charge is -2.02. The van der Waals surface area contributed by atoms with Gasteiger partial charge in [-0.25, -0.2) is 13.1 Å². The van der Waals surface area contributed by atoms with Crippen LogP contribution < -0.4 is 4.72 Å². The minimum atomic E-state index is -3.70. The molecule has 0 saturated heterocycles. The van der Waals surface area contributed by atoms with Crippen LogP contribution in [0, 0.1) is 0 Å². The molecule has 0 aliphatic carbocycles. The molecule has 1 rings (SSSR count). The van der Waals surface area contributed by atoms with Gasteiger partial charge < -0.3 is 5.11 Å². The Labute approximate surface area is 109 Å². The topological polar surface area (TPSA) is 101 Å². The minimum absolute atomic E-state index is 0.0502. The summed E-state index contributed by atoms with van der Waals surface area (Å²) in [5.74, 6) is -0.980. The summed E-state index contributed by atoms with van der Waals surface area (Å²) in [4.78, 5) is 10.3. The quantitative estimate of drug-likeness (QED) is 0.757. The molecule has 1 aromatic rings. The van der Waals surface area contributed by atoms with E-state index in [0.29, 0.717) is 0 Å². The van der Waals surface area contributed by atoms with E-state index in [1.165, 1.54) is 10.9 Å². The summed E-state index contributed by atoms with van der Waals surface area (Å²) in [6, 6.07) is 0. The van der Waals surface area contributed by atoms with Crippen LogP contribution in [-0.4, -0.2) is 35.8 Å². The highest BCUT2D eigenvalue weighted by Gasteiger charge is 2.16. The van der Waals surface area contributed by atoms with Crippen molar-refractivity contribution >= 4 is 27.6 Å². The fourth-order valence-corrected chi connectivity index (χ4v) is 2.20. The smallest absolute Gasteiger partial charge is 0.305 e. The fraction of sp³-hybridized carbons (Fsp3) is 0.333. The van der Waals surface area contributed by atoms with Crippen LogP contribution in [0.25, 0.3) is 0 Å². The molecule has 100 valence electrons. The Morgan fingerprint density at radius 1 is 1.61 bits per heavy atom. The van der Waals surface area contributed by atoms with Crippen LogP contribution in [0.2, 0.25) is 0 Å². The van der Waals surface area contributed by atoms with Crippen molar-refractivity contribution in [2.45, 2.75) is 17.9 Å². The zero-order valence-electron chi connectivity index (χ0n) is 9.34. The summed E-state index contributed by atoms with van der Waals surface area (Å²) >= 11 is 5.45. The second-order valence-corrected chi connectivity index (χ2v) is 5.73. The lowest BCUT2D eigenvalue weighted by molar-refractivity contribution is -0.137. The van der Waals surface area contributed by atoms with Crippen LogP contribution in [0.4, 0.5) is 0 Å². The van der Waals surface area contributed by atoms with Crippen LogP contribution in [0.3, 0.4) is 0 Å². The molecule has 0 fully saturated rings. The predicted octanol–water partition coefficient (Wildman–Crippen LogP) is 0.389. The highest BCUT2D eigenvalue weighted by molar-refractivity contribution is 7.89. The molecule has 0 spiro atoms. The van der Waals surface area contributed by atoms with Gasteiger partial charge in [0.15, 0.2) is 0 Å². The zero-order chi connectivity index (χ0) is 13.8. The van der Waals surface area contributed by atoms with E-state index >= 15 is 0 Å². The molecule has 0 aliphatic heterocycles. The average molecular weight is 294 g/mol. The first-order valence-electron chi connectivity index (χ1n) is 4.88. The summed E-state index contributed by atoms with van der Waals surface area (Å²) < 4.78 is 26.9. The molecule has 0 saturated carbocycles. The Balaban J connectivity index is 2.72. The van der Waals surface area contributed by atoms with Crippen molar-refractivity contribution < 1.29 is 18.3 Å². The van der Waals surface area contributed by atoms with Crippen LogP contribution >= 0.6 is 11.6 Å². The average Bonchev–Trinajstić information content (AvgIpc) is 2.73. The second-order valence-electron chi connectivity index (χ2n) is 3.42. The highest BCUT2D eigenvalue weighted by atomic mass is 35.5. The van der Waals surface area contributed by atoms with Gasteiger partial charge in [0, 0.05) is 17.8 Å². The number of aliphatic carboxylic acids is 1. The standard InChI is InChI=1S/C9H12ClN3O4S/c1-7(10)4-12-18(16,17)8-5-11-13(6-8)3-2-9(14)15/h5-6,12H,1-4H2,(H,14,15). The second kappa shape index (κ2) is 5.98. The molecule has 1 aromatic heterocycles.